The zero-order chi connectivity index (χ0) is 16.6. The van der Waals surface area contributed by atoms with E-state index in [1.807, 2.05) is 24.3 Å². The SMILES string of the molecule is Cc1nc2ccc(Br)cc2c(-c2ccccc2)c1C(=O)C(F)F. The molecule has 0 N–H and O–H groups in total. The van der Waals surface area contributed by atoms with E-state index in [1.54, 1.807) is 31.2 Å². The van der Waals surface area contributed by atoms with E-state index in [0.717, 1.165) is 4.47 Å². The maximum absolute atomic E-state index is 13.1. The molecule has 0 aliphatic carbocycles. The van der Waals surface area contributed by atoms with Crippen LogP contribution in [0, 0.1) is 6.92 Å². The van der Waals surface area contributed by atoms with Crippen LogP contribution in [0.2, 0.25) is 0 Å². The zero-order valence-electron chi connectivity index (χ0n) is 12.2. The second-order valence-electron chi connectivity index (χ2n) is 5.14. The molecule has 116 valence electrons. The molecule has 0 saturated carbocycles. The number of aromatic nitrogens is 1. The number of aryl methyl sites for hydroxylation is 1. The van der Waals surface area contributed by atoms with Crippen LogP contribution in [0.15, 0.2) is 53.0 Å². The number of hydrogen-bond acceptors (Lipinski definition) is 2. The minimum Gasteiger partial charge on any atom is -0.288 e. The molecule has 2 aromatic carbocycles. The Labute approximate surface area is 140 Å². The first-order valence-electron chi connectivity index (χ1n) is 6.96. The lowest BCUT2D eigenvalue weighted by Gasteiger charge is -2.15. The van der Waals surface area contributed by atoms with Crippen molar-refractivity contribution in [3.8, 4) is 11.1 Å². The summed E-state index contributed by atoms with van der Waals surface area (Å²) >= 11 is 3.39. The highest BCUT2D eigenvalue weighted by Gasteiger charge is 2.26. The Hall–Kier alpha value is -2.14. The van der Waals surface area contributed by atoms with Crippen LogP contribution in [0.5, 0.6) is 0 Å². The van der Waals surface area contributed by atoms with Gasteiger partial charge in [-0.2, -0.15) is 0 Å². The summed E-state index contributed by atoms with van der Waals surface area (Å²) < 4.78 is 27.0. The predicted molar refractivity (Wildman–Crippen MR) is 90.0 cm³/mol. The van der Waals surface area contributed by atoms with E-state index in [1.165, 1.54) is 0 Å². The molecular weight excluding hydrogens is 364 g/mol. The van der Waals surface area contributed by atoms with Crippen LogP contribution < -0.4 is 0 Å². The van der Waals surface area contributed by atoms with E-state index in [9.17, 15) is 13.6 Å². The minimum atomic E-state index is -3.07. The summed E-state index contributed by atoms with van der Waals surface area (Å²) in [6.07, 6.45) is -3.07. The van der Waals surface area contributed by atoms with Gasteiger partial charge in [-0.05, 0) is 30.7 Å². The second-order valence-corrected chi connectivity index (χ2v) is 6.06. The highest BCUT2D eigenvalue weighted by atomic mass is 79.9. The first kappa shape index (κ1) is 15.7. The van der Waals surface area contributed by atoms with E-state index in [4.69, 9.17) is 0 Å². The Balaban J connectivity index is 2.46. The molecule has 3 aromatic rings. The normalized spacial score (nSPS) is 11.2. The maximum Gasteiger partial charge on any atom is 0.300 e. The molecule has 0 atom stereocenters. The topological polar surface area (TPSA) is 30.0 Å². The quantitative estimate of drug-likeness (QED) is 0.572. The number of carbonyl (C=O) groups is 1. The summed E-state index contributed by atoms with van der Waals surface area (Å²) in [5.74, 6) is -1.20. The van der Waals surface area contributed by atoms with E-state index in [2.05, 4.69) is 20.9 Å². The molecule has 0 aliphatic heterocycles. The van der Waals surface area contributed by atoms with E-state index >= 15 is 0 Å². The largest absolute Gasteiger partial charge is 0.300 e. The summed E-state index contributed by atoms with van der Waals surface area (Å²) in [7, 11) is 0. The second kappa shape index (κ2) is 6.16. The molecule has 0 fully saturated rings. The van der Waals surface area contributed by atoms with Crippen molar-refractivity contribution in [2.45, 2.75) is 13.3 Å². The lowest BCUT2D eigenvalue weighted by molar-refractivity contribution is 0.0678. The van der Waals surface area contributed by atoms with Crippen molar-refractivity contribution in [1.82, 2.24) is 4.98 Å². The van der Waals surface area contributed by atoms with Gasteiger partial charge in [0.05, 0.1) is 11.1 Å². The van der Waals surface area contributed by atoms with Crippen molar-refractivity contribution in [2.24, 2.45) is 0 Å². The molecule has 0 radical (unpaired) electrons. The molecule has 0 amide bonds. The van der Waals surface area contributed by atoms with Crippen LogP contribution in [0.25, 0.3) is 22.0 Å². The Morgan fingerprint density at radius 1 is 1.13 bits per heavy atom. The fourth-order valence-electron chi connectivity index (χ4n) is 2.67. The fourth-order valence-corrected chi connectivity index (χ4v) is 3.03. The average molecular weight is 376 g/mol. The number of benzene rings is 2. The van der Waals surface area contributed by atoms with E-state index in [0.29, 0.717) is 27.7 Å². The summed E-state index contributed by atoms with van der Waals surface area (Å²) in [6, 6.07) is 14.5. The van der Waals surface area contributed by atoms with Gasteiger partial charge in [-0.25, -0.2) is 8.78 Å². The number of pyridine rings is 1. The van der Waals surface area contributed by atoms with Gasteiger partial charge in [0.2, 0.25) is 5.78 Å². The van der Waals surface area contributed by atoms with Crippen LogP contribution in [0.1, 0.15) is 16.1 Å². The number of nitrogens with zero attached hydrogens (tertiary/aromatic N) is 1. The van der Waals surface area contributed by atoms with Crippen LogP contribution in [0.3, 0.4) is 0 Å². The van der Waals surface area contributed by atoms with Gasteiger partial charge in [0.15, 0.2) is 0 Å². The third kappa shape index (κ3) is 2.88. The number of halogens is 3. The molecule has 0 aliphatic rings. The van der Waals surface area contributed by atoms with Crippen molar-refractivity contribution in [3.63, 3.8) is 0 Å². The molecule has 5 heteroatoms. The third-order valence-corrected chi connectivity index (χ3v) is 4.13. The molecule has 1 heterocycles. The Bertz CT molecular complexity index is 894. The average Bonchev–Trinajstić information content (AvgIpc) is 2.54. The molecule has 1 aromatic heterocycles. The number of alkyl halides is 2. The monoisotopic (exact) mass is 375 g/mol. The van der Waals surface area contributed by atoms with E-state index < -0.39 is 12.2 Å². The van der Waals surface area contributed by atoms with Gasteiger partial charge >= 0.3 is 6.43 Å². The molecule has 0 unspecified atom stereocenters. The first-order chi connectivity index (χ1) is 11.0. The number of fused-ring (bicyclic) bond motifs is 1. The molecule has 0 bridgehead atoms. The first-order valence-corrected chi connectivity index (χ1v) is 7.76. The Morgan fingerprint density at radius 3 is 2.48 bits per heavy atom. The van der Waals surface area contributed by atoms with Crippen molar-refractivity contribution in [1.29, 1.82) is 0 Å². The molecular formula is C18H12BrF2NO. The lowest BCUT2D eigenvalue weighted by Crippen LogP contribution is -2.14. The van der Waals surface area contributed by atoms with Crippen LogP contribution >= 0.6 is 15.9 Å². The Morgan fingerprint density at radius 2 is 1.83 bits per heavy atom. The van der Waals surface area contributed by atoms with Gasteiger partial charge in [0.25, 0.3) is 0 Å². The Kier molecular flexibility index (Phi) is 4.22. The number of Topliss-reactive ketones (excluding diaryl/α,β-unsaturated/α-hetero) is 1. The molecule has 2 nitrogen and oxygen atoms in total. The smallest absolute Gasteiger partial charge is 0.288 e. The summed E-state index contributed by atoms with van der Waals surface area (Å²) in [5, 5.41) is 0.667. The molecule has 3 rings (SSSR count). The maximum atomic E-state index is 13.1. The number of carbonyl (C=O) groups excluding carboxylic acids is 1. The van der Waals surface area contributed by atoms with Crippen LogP contribution in [-0.2, 0) is 0 Å². The van der Waals surface area contributed by atoms with Crippen LogP contribution in [-0.4, -0.2) is 17.2 Å². The number of rotatable bonds is 3. The molecule has 23 heavy (non-hydrogen) atoms. The summed E-state index contributed by atoms with van der Waals surface area (Å²) in [5.41, 5.74) is 2.17. The van der Waals surface area contributed by atoms with Crippen molar-refractivity contribution >= 4 is 32.6 Å². The fraction of sp³-hybridized carbons (Fsp3) is 0.111. The highest BCUT2D eigenvalue weighted by Crippen LogP contribution is 2.35. The van der Waals surface area contributed by atoms with Gasteiger partial charge < -0.3 is 0 Å². The predicted octanol–water partition coefficient (Wildman–Crippen LogP) is 5.42. The zero-order valence-corrected chi connectivity index (χ0v) is 13.8. The standard InChI is InChI=1S/C18H12BrF2NO/c1-10-15(17(23)18(20)21)16(11-5-3-2-4-6-11)13-9-12(19)7-8-14(13)22-10/h2-9,18H,1H3. The van der Waals surface area contributed by atoms with Crippen molar-refractivity contribution in [3.05, 3.63) is 64.3 Å². The third-order valence-electron chi connectivity index (χ3n) is 3.63. The van der Waals surface area contributed by atoms with Crippen LogP contribution in [0.4, 0.5) is 8.78 Å². The van der Waals surface area contributed by atoms with Crippen molar-refractivity contribution in [2.75, 3.05) is 0 Å². The lowest BCUT2D eigenvalue weighted by atomic mass is 9.92. The number of ketones is 1. The van der Waals surface area contributed by atoms with Gasteiger partial charge in [0, 0.05) is 21.1 Å². The van der Waals surface area contributed by atoms with Gasteiger partial charge in [-0.1, -0.05) is 46.3 Å². The van der Waals surface area contributed by atoms with Crippen molar-refractivity contribution < 1.29 is 13.6 Å². The molecule has 0 spiro atoms. The van der Waals surface area contributed by atoms with E-state index in [-0.39, 0.29) is 5.56 Å². The summed E-state index contributed by atoms with van der Waals surface area (Å²) in [4.78, 5) is 16.4. The van der Waals surface area contributed by atoms with Gasteiger partial charge in [0.1, 0.15) is 0 Å². The van der Waals surface area contributed by atoms with Gasteiger partial charge in [-0.3, -0.25) is 9.78 Å². The summed E-state index contributed by atoms with van der Waals surface area (Å²) in [6.45, 7) is 1.59. The molecule has 0 saturated heterocycles. The minimum absolute atomic E-state index is 0.0169. The number of hydrogen-bond donors (Lipinski definition) is 0. The van der Waals surface area contributed by atoms with Gasteiger partial charge in [-0.15, -0.1) is 0 Å². The highest BCUT2D eigenvalue weighted by molar-refractivity contribution is 9.10.